The van der Waals surface area contributed by atoms with Crippen molar-refractivity contribution >= 4 is 51.3 Å². The Balaban J connectivity index is 1.79. The van der Waals surface area contributed by atoms with Crippen LogP contribution in [0.15, 0.2) is 69.0 Å². The molecular weight excluding hydrogens is 551 g/mol. The number of hydrazone groups is 1. The summed E-state index contributed by atoms with van der Waals surface area (Å²) >= 11 is 12.3. The number of halogens is 2. The fourth-order valence-corrected chi connectivity index (χ4v) is 5.10. The van der Waals surface area contributed by atoms with Gasteiger partial charge in [0, 0.05) is 22.1 Å². The second kappa shape index (κ2) is 12.1. The molecule has 0 radical (unpaired) electrons. The lowest BCUT2D eigenvalue weighted by Crippen LogP contribution is -2.47. The number of hydrogen-bond acceptors (Lipinski definition) is 6. The van der Waals surface area contributed by atoms with Gasteiger partial charge in [0.1, 0.15) is 11.5 Å². The number of nitrogens with one attached hydrogen (secondary N) is 2. The first-order chi connectivity index (χ1) is 17.7. The maximum absolute atomic E-state index is 13.6. The molecule has 12 heteroatoms. The van der Waals surface area contributed by atoms with Crippen LogP contribution < -0.4 is 10.7 Å². The number of benzene rings is 2. The van der Waals surface area contributed by atoms with Crippen molar-refractivity contribution in [2.75, 3.05) is 0 Å². The van der Waals surface area contributed by atoms with Crippen molar-refractivity contribution in [1.82, 2.24) is 15.0 Å². The molecule has 0 spiro atoms. The third kappa shape index (κ3) is 8.16. The van der Waals surface area contributed by atoms with Gasteiger partial charge in [-0.2, -0.15) is 9.41 Å². The van der Waals surface area contributed by atoms with E-state index in [9.17, 15) is 18.0 Å². The smallest absolute Gasteiger partial charge is 0.329 e. The number of carbonyl (C=O) groups is 2. The topological polar surface area (TPSA) is 121 Å². The van der Waals surface area contributed by atoms with Gasteiger partial charge in [0.25, 0.3) is 0 Å². The van der Waals surface area contributed by atoms with E-state index in [1.54, 1.807) is 75.4 Å². The molecule has 0 bridgehead atoms. The Morgan fingerprint density at radius 3 is 2.32 bits per heavy atom. The van der Waals surface area contributed by atoms with Gasteiger partial charge in [-0.15, -0.1) is 0 Å². The van der Waals surface area contributed by atoms with Crippen LogP contribution in [0, 0.1) is 6.92 Å². The summed E-state index contributed by atoms with van der Waals surface area (Å²) in [7, 11) is -3.94. The van der Waals surface area contributed by atoms with Crippen molar-refractivity contribution in [1.29, 1.82) is 0 Å². The fraction of sp³-hybridized carbons (Fsp3) is 0.269. The second-order valence-corrected chi connectivity index (χ2v) is 12.3. The van der Waals surface area contributed by atoms with E-state index in [-0.39, 0.29) is 23.7 Å². The first kappa shape index (κ1) is 29.4. The van der Waals surface area contributed by atoms with Crippen LogP contribution in [0.2, 0.25) is 10.0 Å². The number of amides is 2. The van der Waals surface area contributed by atoms with E-state index in [2.05, 4.69) is 15.8 Å². The number of nitrogens with zero attached hydrogens (tertiary/aromatic N) is 2. The van der Waals surface area contributed by atoms with Crippen LogP contribution in [0.3, 0.4) is 0 Å². The molecule has 0 saturated heterocycles. The van der Waals surface area contributed by atoms with E-state index in [0.717, 1.165) is 5.56 Å². The van der Waals surface area contributed by atoms with Crippen LogP contribution in [0.4, 0.5) is 0 Å². The Kier molecular flexibility index (Phi) is 9.37. The lowest BCUT2D eigenvalue weighted by Gasteiger charge is -2.22. The Bertz CT molecular complexity index is 1450. The maximum Gasteiger partial charge on any atom is 0.329 e. The zero-order chi connectivity index (χ0) is 28.1. The van der Waals surface area contributed by atoms with Crippen LogP contribution in [-0.4, -0.2) is 36.3 Å². The zero-order valence-corrected chi connectivity index (χ0v) is 23.6. The molecule has 0 fully saturated rings. The van der Waals surface area contributed by atoms with Crippen LogP contribution in [-0.2, 0) is 32.7 Å². The van der Waals surface area contributed by atoms with Gasteiger partial charge in [-0.3, -0.25) is 9.59 Å². The van der Waals surface area contributed by atoms with Gasteiger partial charge < -0.3 is 9.73 Å². The molecule has 1 heterocycles. The molecule has 3 rings (SSSR count). The Hall–Kier alpha value is -3.18. The van der Waals surface area contributed by atoms with Crippen molar-refractivity contribution in [2.24, 2.45) is 5.10 Å². The van der Waals surface area contributed by atoms with Gasteiger partial charge >= 0.3 is 11.8 Å². The summed E-state index contributed by atoms with van der Waals surface area (Å²) in [6, 6.07) is 14.5. The highest BCUT2D eigenvalue weighted by molar-refractivity contribution is 7.89. The molecule has 0 aliphatic rings. The van der Waals surface area contributed by atoms with Crippen molar-refractivity contribution in [3.8, 4) is 0 Å². The highest BCUT2D eigenvalue weighted by Gasteiger charge is 2.27. The van der Waals surface area contributed by atoms with Crippen molar-refractivity contribution < 1.29 is 22.4 Å². The summed E-state index contributed by atoms with van der Waals surface area (Å²) in [5.74, 6) is -1.19. The summed E-state index contributed by atoms with van der Waals surface area (Å²) in [5.41, 5.74) is 3.04. The van der Waals surface area contributed by atoms with Crippen molar-refractivity contribution in [2.45, 2.75) is 51.2 Å². The van der Waals surface area contributed by atoms with Crippen LogP contribution >= 0.6 is 23.2 Å². The normalized spacial score (nSPS) is 12.2. The lowest BCUT2D eigenvalue weighted by molar-refractivity contribution is -0.140. The van der Waals surface area contributed by atoms with Crippen molar-refractivity contribution in [3.05, 3.63) is 87.3 Å². The largest absolute Gasteiger partial charge is 0.459 e. The molecule has 2 aromatic carbocycles. The van der Waals surface area contributed by atoms with E-state index >= 15 is 0 Å². The Morgan fingerprint density at radius 1 is 1.00 bits per heavy atom. The maximum atomic E-state index is 13.6. The van der Waals surface area contributed by atoms with E-state index in [1.807, 2.05) is 6.92 Å². The minimum atomic E-state index is -3.94. The first-order valence-electron chi connectivity index (χ1n) is 11.5. The SMILES string of the molecule is Cc1ccc(S(=O)(=O)N(Cc2ccc(/C=N/NC(=O)C(=O)NC(C)(C)C)o2)Cc2ccc(Cl)cc2Cl)cc1. The molecule has 0 atom stereocenters. The van der Waals surface area contributed by atoms with Gasteiger partial charge in [0.15, 0.2) is 0 Å². The molecule has 38 heavy (non-hydrogen) atoms. The predicted molar refractivity (Wildman–Crippen MR) is 146 cm³/mol. The zero-order valence-electron chi connectivity index (χ0n) is 21.3. The van der Waals surface area contributed by atoms with E-state index in [1.165, 1.54) is 10.5 Å². The standard InChI is InChI=1S/C26H28Cl2N4O5S/c1-17-5-11-22(12-6-17)38(35,36)32(15-18-7-8-19(27)13-23(18)28)16-21-10-9-20(37-21)14-29-31-25(34)24(33)30-26(2,3)4/h5-14H,15-16H2,1-4H3,(H,30,33)(H,31,34)/b29-14+. The third-order valence-electron chi connectivity index (χ3n) is 5.09. The molecule has 1 aromatic heterocycles. The summed E-state index contributed by atoms with van der Waals surface area (Å²) < 4.78 is 34.1. The van der Waals surface area contributed by atoms with Crippen LogP contribution in [0.5, 0.6) is 0 Å². The Labute approximate surface area is 231 Å². The molecule has 202 valence electrons. The second-order valence-electron chi connectivity index (χ2n) is 9.53. The highest BCUT2D eigenvalue weighted by Crippen LogP contribution is 2.27. The molecule has 2 N–H and O–H groups in total. The fourth-order valence-electron chi connectivity index (χ4n) is 3.25. The van der Waals surface area contributed by atoms with Crippen molar-refractivity contribution in [3.63, 3.8) is 0 Å². The first-order valence-corrected chi connectivity index (χ1v) is 13.7. The number of rotatable bonds is 8. The van der Waals surface area contributed by atoms with Gasteiger partial charge in [-0.25, -0.2) is 13.8 Å². The highest BCUT2D eigenvalue weighted by atomic mass is 35.5. The van der Waals surface area contributed by atoms with Gasteiger partial charge in [-0.1, -0.05) is 47.0 Å². The molecule has 0 unspecified atom stereocenters. The molecular formula is C26H28Cl2N4O5S. The van der Waals surface area contributed by atoms with Gasteiger partial charge in [0.2, 0.25) is 10.0 Å². The molecule has 3 aromatic rings. The predicted octanol–water partition coefficient (Wildman–Crippen LogP) is 4.65. The Morgan fingerprint density at radius 2 is 1.68 bits per heavy atom. The average molecular weight is 580 g/mol. The number of hydrogen-bond donors (Lipinski definition) is 2. The number of carbonyl (C=O) groups excluding carboxylic acids is 2. The van der Waals surface area contributed by atoms with Crippen LogP contribution in [0.25, 0.3) is 0 Å². The van der Waals surface area contributed by atoms with E-state index < -0.39 is 27.4 Å². The third-order valence-corrected chi connectivity index (χ3v) is 7.48. The summed E-state index contributed by atoms with van der Waals surface area (Å²) in [6.45, 7) is 6.96. The molecule has 0 aliphatic heterocycles. The van der Waals surface area contributed by atoms with E-state index in [0.29, 0.717) is 21.4 Å². The number of furan rings is 1. The molecule has 0 aliphatic carbocycles. The quantitative estimate of drug-likeness (QED) is 0.229. The monoisotopic (exact) mass is 578 g/mol. The summed E-state index contributed by atoms with van der Waals surface area (Å²) in [4.78, 5) is 23.9. The summed E-state index contributed by atoms with van der Waals surface area (Å²) in [6.07, 6.45) is 1.21. The molecule has 0 saturated carbocycles. The minimum absolute atomic E-state index is 0.0325. The number of sulfonamides is 1. The minimum Gasteiger partial charge on any atom is -0.459 e. The molecule has 2 amide bonds. The molecule has 9 nitrogen and oxygen atoms in total. The van der Waals surface area contributed by atoms with Gasteiger partial charge in [-0.05, 0) is 69.7 Å². The van der Waals surface area contributed by atoms with Crippen LogP contribution in [0.1, 0.15) is 43.4 Å². The van der Waals surface area contributed by atoms with E-state index in [4.69, 9.17) is 27.6 Å². The average Bonchev–Trinajstić information content (AvgIpc) is 3.26. The van der Waals surface area contributed by atoms with Gasteiger partial charge in [0.05, 0.1) is 17.7 Å². The number of aryl methyl sites for hydroxylation is 1. The lowest BCUT2D eigenvalue weighted by atomic mass is 10.1. The summed E-state index contributed by atoms with van der Waals surface area (Å²) in [5, 5.41) is 7.03.